The standard InChI is InChI=1S/C13H12N2O/c1-10-3-2-6-15-12(10)9-13(16)11-4-7-14-8-5-11/h2-8H,9H2,1H3. The molecule has 16 heavy (non-hydrogen) atoms. The first kappa shape index (κ1) is 10.5. The highest BCUT2D eigenvalue weighted by atomic mass is 16.1. The summed E-state index contributed by atoms with van der Waals surface area (Å²) in [6.07, 6.45) is 5.30. The van der Waals surface area contributed by atoms with E-state index in [1.807, 2.05) is 19.1 Å². The van der Waals surface area contributed by atoms with E-state index in [4.69, 9.17) is 0 Å². The Hall–Kier alpha value is -2.03. The van der Waals surface area contributed by atoms with Crippen molar-refractivity contribution in [2.24, 2.45) is 0 Å². The largest absolute Gasteiger partial charge is 0.294 e. The smallest absolute Gasteiger partial charge is 0.168 e. The van der Waals surface area contributed by atoms with Gasteiger partial charge < -0.3 is 0 Å². The molecule has 0 bridgehead atoms. The van der Waals surface area contributed by atoms with Gasteiger partial charge in [-0.25, -0.2) is 0 Å². The summed E-state index contributed by atoms with van der Waals surface area (Å²) in [6.45, 7) is 1.96. The summed E-state index contributed by atoms with van der Waals surface area (Å²) in [5.74, 6) is 0.0733. The number of carbonyl (C=O) groups is 1. The van der Waals surface area contributed by atoms with Crippen molar-refractivity contribution in [1.29, 1.82) is 0 Å². The van der Waals surface area contributed by atoms with Gasteiger partial charge in [0.05, 0.1) is 12.1 Å². The minimum absolute atomic E-state index is 0.0733. The number of Topliss-reactive ketones (excluding diaryl/α,β-unsaturated/α-hetero) is 1. The number of aromatic nitrogens is 2. The zero-order chi connectivity index (χ0) is 11.4. The molecule has 0 aliphatic heterocycles. The second-order valence-corrected chi connectivity index (χ2v) is 3.60. The number of rotatable bonds is 3. The predicted octanol–water partition coefficient (Wildman–Crippen LogP) is 2.21. The summed E-state index contributed by atoms with van der Waals surface area (Å²) in [5.41, 5.74) is 2.56. The molecular formula is C13H12N2O. The van der Waals surface area contributed by atoms with Crippen LogP contribution in [0.5, 0.6) is 0 Å². The van der Waals surface area contributed by atoms with Gasteiger partial charge in [-0.2, -0.15) is 0 Å². The van der Waals surface area contributed by atoms with Gasteiger partial charge in [-0.3, -0.25) is 14.8 Å². The normalized spacial score (nSPS) is 10.1. The Labute approximate surface area is 94.2 Å². The summed E-state index contributed by atoms with van der Waals surface area (Å²) >= 11 is 0. The molecule has 0 saturated heterocycles. The molecule has 2 heterocycles. The van der Waals surface area contributed by atoms with E-state index < -0.39 is 0 Å². The van der Waals surface area contributed by atoms with Crippen molar-refractivity contribution in [2.75, 3.05) is 0 Å². The zero-order valence-electron chi connectivity index (χ0n) is 9.05. The molecule has 2 aromatic heterocycles. The van der Waals surface area contributed by atoms with E-state index in [1.54, 1.807) is 30.7 Å². The highest BCUT2D eigenvalue weighted by molar-refractivity contribution is 5.97. The Balaban J connectivity index is 2.18. The fourth-order valence-corrected chi connectivity index (χ4v) is 1.50. The summed E-state index contributed by atoms with van der Waals surface area (Å²) in [7, 11) is 0. The van der Waals surface area contributed by atoms with Crippen LogP contribution in [0.15, 0.2) is 42.9 Å². The maximum atomic E-state index is 11.9. The van der Waals surface area contributed by atoms with Gasteiger partial charge in [0.15, 0.2) is 5.78 Å². The minimum Gasteiger partial charge on any atom is -0.294 e. The van der Waals surface area contributed by atoms with Gasteiger partial charge in [-0.15, -0.1) is 0 Å². The molecule has 80 valence electrons. The van der Waals surface area contributed by atoms with Gasteiger partial charge in [0.2, 0.25) is 0 Å². The van der Waals surface area contributed by atoms with Gasteiger partial charge in [-0.1, -0.05) is 6.07 Å². The number of ketones is 1. The highest BCUT2D eigenvalue weighted by Crippen LogP contribution is 2.08. The topological polar surface area (TPSA) is 42.9 Å². The lowest BCUT2D eigenvalue weighted by Gasteiger charge is -2.03. The van der Waals surface area contributed by atoms with E-state index in [2.05, 4.69) is 9.97 Å². The SMILES string of the molecule is Cc1cccnc1CC(=O)c1ccncc1. The van der Waals surface area contributed by atoms with Crippen molar-refractivity contribution >= 4 is 5.78 Å². The van der Waals surface area contributed by atoms with Crippen LogP contribution in [0.4, 0.5) is 0 Å². The van der Waals surface area contributed by atoms with E-state index in [-0.39, 0.29) is 5.78 Å². The van der Waals surface area contributed by atoms with Crippen molar-refractivity contribution < 1.29 is 4.79 Å². The highest BCUT2D eigenvalue weighted by Gasteiger charge is 2.08. The number of nitrogens with zero attached hydrogens (tertiary/aromatic N) is 2. The van der Waals surface area contributed by atoms with E-state index in [9.17, 15) is 4.79 Å². The van der Waals surface area contributed by atoms with Gasteiger partial charge in [0.25, 0.3) is 0 Å². The molecule has 2 aromatic rings. The van der Waals surface area contributed by atoms with Crippen LogP contribution < -0.4 is 0 Å². The van der Waals surface area contributed by atoms with Crippen molar-refractivity contribution in [1.82, 2.24) is 9.97 Å². The maximum absolute atomic E-state index is 11.9. The second-order valence-electron chi connectivity index (χ2n) is 3.60. The summed E-state index contributed by atoms with van der Waals surface area (Å²) in [5, 5.41) is 0. The molecule has 3 heteroatoms. The van der Waals surface area contributed by atoms with Crippen molar-refractivity contribution in [3.05, 3.63) is 59.7 Å². The Morgan fingerprint density at radius 1 is 1.19 bits per heavy atom. The molecule has 0 fully saturated rings. The fourth-order valence-electron chi connectivity index (χ4n) is 1.50. The van der Waals surface area contributed by atoms with E-state index >= 15 is 0 Å². The molecule has 0 aliphatic carbocycles. The number of carbonyl (C=O) groups excluding carboxylic acids is 1. The van der Waals surface area contributed by atoms with E-state index in [1.165, 1.54) is 0 Å². The summed E-state index contributed by atoms with van der Waals surface area (Å²) in [6, 6.07) is 7.28. The quantitative estimate of drug-likeness (QED) is 0.732. The van der Waals surface area contributed by atoms with Gasteiger partial charge in [0.1, 0.15) is 0 Å². The van der Waals surface area contributed by atoms with Crippen LogP contribution in [0.1, 0.15) is 21.6 Å². The average Bonchev–Trinajstić information content (AvgIpc) is 2.33. The van der Waals surface area contributed by atoms with E-state index in [0.29, 0.717) is 12.0 Å². The van der Waals surface area contributed by atoms with Gasteiger partial charge >= 0.3 is 0 Å². The first-order valence-corrected chi connectivity index (χ1v) is 5.11. The van der Waals surface area contributed by atoms with E-state index in [0.717, 1.165) is 11.3 Å². The lowest BCUT2D eigenvalue weighted by Crippen LogP contribution is -2.06. The average molecular weight is 212 g/mol. The second kappa shape index (κ2) is 4.66. The zero-order valence-corrected chi connectivity index (χ0v) is 9.05. The molecule has 0 amide bonds. The third-order valence-electron chi connectivity index (χ3n) is 2.45. The molecule has 2 rings (SSSR count). The first-order chi connectivity index (χ1) is 7.77. The molecule has 0 spiro atoms. The first-order valence-electron chi connectivity index (χ1n) is 5.11. The van der Waals surface area contributed by atoms with Gasteiger partial charge in [-0.05, 0) is 30.7 Å². The number of hydrogen-bond donors (Lipinski definition) is 0. The molecule has 3 nitrogen and oxygen atoms in total. The van der Waals surface area contributed by atoms with Crippen molar-refractivity contribution in [3.63, 3.8) is 0 Å². The molecule has 0 aromatic carbocycles. The van der Waals surface area contributed by atoms with Gasteiger partial charge in [0, 0.05) is 24.2 Å². The monoisotopic (exact) mass is 212 g/mol. The molecule has 0 aliphatic rings. The van der Waals surface area contributed by atoms with Crippen LogP contribution in [0.2, 0.25) is 0 Å². The third-order valence-corrected chi connectivity index (χ3v) is 2.45. The van der Waals surface area contributed by atoms with Crippen LogP contribution in [-0.2, 0) is 6.42 Å². The van der Waals surface area contributed by atoms with Crippen LogP contribution in [0.3, 0.4) is 0 Å². The molecule has 0 atom stereocenters. The summed E-state index contributed by atoms with van der Waals surface area (Å²) in [4.78, 5) is 20.0. The fraction of sp³-hybridized carbons (Fsp3) is 0.154. The molecule has 0 radical (unpaired) electrons. The number of hydrogen-bond acceptors (Lipinski definition) is 3. The molecule has 0 N–H and O–H groups in total. The van der Waals surface area contributed by atoms with Crippen molar-refractivity contribution in [2.45, 2.75) is 13.3 Å². The number of pyridine rings is 2. The van der Waals surface area contributed by atoms with Crippen LogP contribution in [-0.4, -0.2) is 15.8 Å². The third kappa shape index (κ3) is 2.31. The molecular weight excluding hydrogens is 200 g/mol. The van der Waals surface area contributed by atoms with Crippen molar-refractivity contribution in [3.8, 4) is 0 Å². The number of aryl methyl sites for hydroxylation is 1. The molecule has 0 saturated carbocycles. The maximum Gasteiger partial charge on any atom is 0.168 e. The Kier molecular flexibility index (Phi) is 3.05. The minimum atomic E-state index is 0.0733. The van der Waals surface area contributed by atoms with Crippen LogP contribution in [0.25, 0.3) is 0 Å². The Morgan fingerprint density at radius 3 is 2.62 bits per heavy atom. The Morgan fingerprint density at radius 2 is 1.94 bits per heavy atom. The summed E-state index contributed by atoms with van der Waals surface area (Å²) < 4.78 is 0. The van der Waals surface area contributed by atoms with Crippen LogP contribution >= 0.6 is 0 Å². The lowest BCUT2D eigenvalue weighted by atomic mass is 10.1. The van der Waals surface area contributed by atoms with Crippen LogP contribution in [0, 0.1) is 6.92 Å². The predicted molar refractivity (Wildman–Crippen MR) is 61.2 cm³/mol. The molecule has 0 unspecified atom stereocenters. The Bertz CT molecular complexity index is 494. The lowest BCUT2D eigenvalue weighted by molar-refractivity contribution is 0.0991.